The van der Waals surface area contributed by atoms with Crippen molar-refractivity contribution < 1.29 is 9.84 Å². The van der Waals surface area contributed by atoms with Gasteiger partial charge in [0.25, 0.3) is 0 Å². The van der Waals surface area contributed by atoms with E-state index < -0.39 is 5.60 Å². The molecule has 1 aromatic rings. The normalized spacial score (nSPS) is 20.5. The summed E-state index contributed by atoms with van der Waals surface area (Å²) in [6.07, 6.45) is 4.35. The number of β-amino-alcohol motifs (C(OH)–C–C–N with tert-alkyl or cyclic N) is 1. The van der Waals surface area contributed by atoms with Crippen LogP contribution in [0.3, 0.4) is 0 Å². The van der Waals surface area contributed by atoms with E-state index in [0.717, 1.165) is 57.3 Å². The molecule has 8 nitrogen and oxygen atoms in total. The van der Waals surface area contributed by atoms with Crippen LogP contribution in [-0.4, -0.2) is 85.6 Å². The summed E-state index contributed by atoms with van der Waals surface area (Å²) in [6, 6.07) is 4.15. The first-order valence-corrected chi connectivity index (χ1v) is 10.8. The second-order valence-corrected chi connectivity index (χ2v) is 8.15. The lowest BCUT2D eigenvalue weighted by Gasteiger charge is -2.34. The highest BCUT2D eigenvalue weighted by atomic mass is 16.5. The molecule has 0 saturated carbocycles. The van der Waals surface area contributed by atoms with E-state index in [0.29, 0.717) is 25.6 Å². The average Bonchev–Trinajstić information content (AvgIpc) is 3.26. The van der Waals surface area contributed by atoms with Crippen molar-refractivity contribution in [2.45, 2.75) is 38.8 Å². The highest BCUT2D eigenvalue weighted by Gasteiger charge is 2.25. The molecule has 162 valence electrons. The van der Waals surface area contributed by atoms with Crippen LogP contribution in [0.25, 0.3) is 0 Å². The third-order valence-electron chi connectivity index (χ3n) is 5.31. The number of rotatable bonds is 8. The molecule has 8 heteroatoms. The number of aliphatic imine (C=N–C) groups is 1. The van der Waals surface area contributed by atoms with E-state index in [9.17, 15) is 5.11 Å². The molecule has 0 bridgehead atoms. The molecular weight excluding hydrogens is 368 g/mol. The van der Waals surface area contributed by atoms with Gasteiger partial charge in [0.05, 0.1) is 25.4 Å². The van der Waals surface area contributed by atoms with Crippen molar-refractivity contribution in [1.29, 1.82) is 0 Å². The van der Waals surface area contributed by atoms with E-state index in [1.54, 1.807) is 0 Å². The number of hydrogen-bond donors (Lipinski definition) is 3. The molecule has 1 unspecified atom stereocenters. The Labute approximate surface area is 174 Å². The van der Waals surface area contributed by atoms with Crippen LogP contribution >= 0.6 is 0 Å². The van der Waals surface area contributed by atoms with E-state index in [2.05, 4.69) is 31.5 Å². The van der Waals surface area contributed by atoms with Crippen LogP contribution in [0.2, 0.25) is 0 Å². The van der Waals surface area contributed by atoms with Crippen molar-refractivity contribution in [3.8, 4) is 0 Å². The second kappa shape index (κ2) is 10.8. The van der Waals surface area contributed by atoms with Crippen LogP contribution in [0.5, 0.6) is 0 Å². The molecule has 2 fully saturated rings. The quantitative estimate of drug-likeness (QED) is 0.437. The molecule has 0 aliphatic carbocycles. The lowest BCUT2D eigenvalue weighted by molar-refractivity contribution is -0.0201. The summed E-state index contributed by atoms with van der Waals surface area (Å²) in [5, 5.41) is 17.3. The van der Waals surface area contributed by atoms with Gasteiger partial charge in [-0.15, -0.1) is 0 Å². The molecule has 0 aromatic carbocycles. The highest BCUT2D eigenvalue weighted by molar-refractivity contribution is 5.79. The van der Waals surface area contributed by atoms with E-state index >= 15 is 0 Å². The summed E-state index contributed by atoms with van der Waals surface area (Å²) in [7, 11) is 0. The number of ether oxygens (including phenoxy) is 1. The first-order valence-electron chi connectivity index (χ1n) is 10.8. The molecule has 1 atom stereocenters. The fourth-order valence-electron chi connectivity index (χ4n) is 3.76. The predicted molar refractivity (Wildman–Crippen MR) is 116 cm³/mol. The van der Waals surface area contributed by atoms with Crippen molar-refractivity contribution in [1.82, 2.24) is 20.5 Å². The summed E-state index contributed by atoms with van der Waals surface area (Å²) >= 11 is 0. The van der Waals surface area contributed by atoms with Crippen molar-refractivity contribution in [3.05, 3.63) is 23.9 Å². The minimum atomic E-state index is -0.840. The van der Waals surface area contributed by atoms with Gasteiger partial charge in [-0.3, -0.25) is 4.90 Å². The Bertz CT molecular complexity index is 654. The Morgan fingerprint density at radius 3 is 2.72 bits per heavy atom. The van der Waals surface area contributed by atoms with Gasteiger partial charge in [0.2, 0.25) is 0 Å². The van der Waals surface area contributed by atoms with Gasteiger partial charge in [-0.05, 0) is 44.4 Å². The standard InChI is InChI=1S/C21H36N6O2/c1-3-22-20(25-16-21(2,28)17-26-10-12-29-13-11-26)24-15-18-6-7-23-19(14-18)27-8-4-5-9-27/h6-7,14,28H,3-5,8-13,15-17H2,1-2H3,(H2,22,24,25). The molecule has 1 aromatic heterocycles. The smallest absolute Gasteiger partial charge is 0.191 e. The van der Waals surface area contributed by atoms with Crippen molar-refractivity contribution in [3.63, 3.8) is 0 Å². The second-order valence-electron chi connectivity index (χ2n) is 8.15. The van der Waals surface area contributed by atoms with Gasteiger partial charge < -0.3 is 25.4 Å². The van der Waals surface area contributed by atoms with Crippen LogP contribution in [0, 0.1) is 0 Å². The lowest BCUT2D eigenvalue weighted by Crippen LogP contribution is -2.52. The van der Waals surface area contributed by atoms with E-state index in [-0.39, 0.29) is 0 Å². The van der Waals surface area contributed by atoms with Crippen LogP contribution in [0.4, 0.5) is 5.82 Å². The van der Waals surface area contributed by atoms with Gasteiger partial charge in [-0.25, -0.2) is 9.98 Å². The third kappa shape index (κ3) is 7.13. The maximum Gasteiger partial charge on any atom is 0.191 e. The summed E-state index contributed by atoms with van der Waals surface area (Å²) < 4.78 is 5.38. The Hall–Kier alpha value is -1.90. The number of morpholine rings is 1. The number of aliphatic hydroxyl groups is 1. The van der Waals surface area contributed by atoms with Crippen LogP contribution < -0.4 is 15.5 Å². The average molecular weight is 405 g/mol. The highest BCUT2D eigenvalue weighted by Crippen LogP contribution is 2.18. The fraction of sp³-hybridized carbons (Fsp3) is 0.714. The summed E-state index contributed by atoms with van der Waals surface area (Å²) in [5.41, 5.74) is 0.298. The van der Waals surface area contributed by atoms with E-state index in [1.165, 1.54) is 12.8 Å². The lowest BCUT2D eigenvalue weighted by atomic mass is 10.1. The van der Waals surface area contributed by atoms with Gasteiger partial charge in [0, 0.05) is 52.0 Å². The molecule has 3 heterocycles. The van der Waals surface area contributed by atoms with Crippen LogP contribution in [0.15, 0.2) is 23.3 Å². The number of hydrogen-bond acceptors (Lipinski definition) is 6. The number of guanidine groups is 1. The topological polar surface area (TPSA) is 85.2 Å². The van der Waals surface area contributed by atoms with Gasteiger partial charge in [0.1, 0.15) is 5.82 Å². The Balaban J connectivity index is 1.54. The fourth-order valence-corrected chi connectivity index (χ4v) is 3.76. The number of nitrogens with zero attached hydrogens (tertiary/aromatic N) is 4. The van der Waals surface area contributed by atoms with Gasteiger partial charge in [-0.1, -0.05) is 0 Å². The molecule has 3 N–H and O–H groups in total. The number of pyridine rings is 1. The van der Waals surface area contributed by atoms with Crippen LogP contribution in [0.1, 0.15) is 32.3 Å². The molecule has 0 spiro atoms. The van der Waals surface area contributed by atoms with Gasteiger partial charge in [-0.2, -0.15) is 0 Å². The van der Waals surface area contributed by atoms with Gasteiger partial charge in [0.15, 0.2) is 5.96 Å². The van der Waals surface area contributed by atoms with Crippen molar-refractivity contribution >= 4 is 11.8 Å². The Kier molecular flexibility index (Phi) is 8.09. The SMILES string of the molecule is CCNC(=NCc1ccnc(N2CCCC2)c1)NCC(C)(O)CN1CCOCC1. The molecular formula is C21H36N6O2. The minimum absolute atomic E-state index is 0.436. The van der Waals surface area contributed by atoms with Crippen molar-refractivity contribution in [2.24, 2.45) is 4.99 Å². The first kappa shape index (κ1) is 21.8. The minimum Gasteiger partial charge on any atom is -0.387 e. The van der Waals surface area contributed by atoms with Crippen LogP contribution in [-0.2, 0) is 11.3 Å². The summed E-state index contributed by atoms with van der Waals surface area (Å²) in [4.78, 5) is 13.8. The molecule has 3 rings (SSSR count). The zero-order valence-corrected chi connectivity index (χ0v) is 17.9. The first-order chi connectivity index (χ1) is 14.1. The zero-order valence-electron chi connectivity index (χ0n) is 17.9. The number of nitrogens with one attached hydrogen (secondary N) is 2. The number of aromatic nitrogens is 1. The molecule has 2 aliphatic rings. The molecule has 0 amide bonds. The molecule has 0 radical (unpaired) electrons. The summed E-state index contributed by atoms with van der Waals surface area (Å²) in [6.45, 7) is 11.7. The Morgan fingerprint density at radius 1 is 1.24 bits per heavy atom. The van der Waals surface area contributed by atoms with E-state index in [1.807, 2.05) is 26.1 Å². The monoisotopic (exact) mass is 404 g/mol. The third-order valence-corrected chi connectivity index (χ3v) is 5.31. The van der Waals surface area contributed by atoms with E-state index in [4.69, 9.17) is 9.73 Å². The largest absolute Gasteiger partial charge is 0.387 e. The van der Waals surface area contributed by atoms with Crippen molar-refractivity contribution in [2.75, 3.05) is 63.9 Å². The molecule has 29 heavy (non-hydrogen) atoms. The maximum atomic E-state index is 10.8. The van der Waals surface area contributed by atoms with Gasteiger partial charge >= 0.3 is 0 Å². The predicted octanol–water partition coefficient (Wildman–Crippen LogP) is 0.820. The zero-order chi connectivity index (χ0) is 20.5. The Morgan fingerprint density at radius 2 is 2.00 bits per heavy atom. The molecule has 2 aliphatic heterocycles. The molecule has 2 saturated heterocycles. The maximum absolute atomic E-state index is 10.8. The number of anilines is 1. The summed E-state index contributed by atoms with van der Waals surface area (Å²) in [5.74, 6) is 1.76.